The minimum Gasteiger partial charge on any atom is -0.355 e. The lowest BCUT2D eigenvalue weighted by molar-refractivity contribution is -0.126. The molecule has 1 fully saturated rings. The summed E-state index contributed by atoms with van der Waals surface area (Å²) in [6.45, 7) is 2.81. The SMILES string of the molecule is Cc1nc(CNC(=O)C2CNC(=O)C2)cs1. The molecule has 1 aromatic heterocycles. The Morgan fingerprint density at radius 1 is 1.75 bits per heavy atom. The molecule has 0 spiro atoms. The average Bonchev–Trinajstić information content (AvgIpc) is 2.84. The summed E-state index contributed by atoms with van der Waals surface area (Å²) in [5.74, 6) is -0.360. The molecule has 0 saturated carbocycles. The maximum atomic E-state index is 11.6. The summed E-state index contributed by atoms with van der Waals surface area (Å²) >= 11 is 1.56. The highest BCUT2D eigenvalue weighted by Gasteiger charge is 2.27. The first-order valence-electron chi connectivity index (χ1n) is 5.10. The lowest BCUT2D eigenvalue weighted by Gasteiger charge is -2.07. The van der Waals surface area contributed by atoms with Crippen molar-refractivity contribution in [1.82, 2.24) is 15.6 Å². The number of hydrogen-bond donors (Lipinski definition) is 2. The molecule has 1 unspecified atom stereocenters. The highest BCUT2D eigenvalue weighted by molar-refractivity contribution is 7.09. The molecule has 86 valence electrons. The molecule has 1 saturated heterocycles. The van der Waals surface area contributed by atoms with Crippen LogP contribution >= 0.6 is 11.3 Å². The molecule has 2 heterocycles. The summed E-state index contributed by atoms with van der Waals surface area (Å²) in [5.41, 5.74) is 0.869. The predicted octanol–water partition coefficient (Wildman–Crippen LogP) is 0.204. The van der Waals surface area contributed by atoms with Gasteiger partial charge >= 0.3 is 0 Å². The maximum Gasteiger partial charge on any atom is 0.225 e. The minimum absolute atomic E-state index is 0.0512. The molecule has 6 heteroatoms. The van der Waals surface area contributed by atoms with Crippen LogP contribution in [0, 0.1) is 12.8 Å². The van der Waals surface area contributed by atoms with Gasteiger partial charge in [0, 0.05) is 18.3 Å². The molecular weight excluding hydrogens is 226 g/mol. The quantitative estimate of drug-likeness (QED) is 0.791. The van der Waals surface area contributed by atoms with Crippen LogP contribution in [0.2, 0.25) is 0 Å². The Labute approximate surface area is 97.3 Å². The summed E-state index contributed by atoms with van der Waals surface area (Å²) < 4.78 is 0. The molecule has 2 N–H and O–H groups in total. The van der Waals surface area contributed by atoms with Crippen LogP contribution in [-0.4, -0.2) is 23.3 Å². The van der Waals surface area contributed by atoms with Gasteiger partial charge in [-0.05, 0) is 6.92 Å². The molecular formula is C10H13N3O2S. The second-order valence-corrected chi connectivity index (χ2v) is 4.84. The minimum atomic E-state index is -0.229. The number of nitrogens with one attached hydrogen (secondary N) is 2. The topological polar surface area (TPSA) is 71.1 Å². The van der Waals surface area contributed by atoms with E-state index in [1.807, 2.05) is 12.3 Å². The van der Waals surface area contributed by atoms with Crippen molar-refractivity contribution in [3.05, 3.63) is 16.1 Å². The summed E-state index contributed by atoms with van der Waals surface area (Å²) in [5, 5.41) is 8.34. The number of nitrogens with zero attached hydrogens (tertiary/aromatic N) is 1. The fourth-order valence-electron chi connectivity index (χ4n) is 1.60. The number of hydrogen-bond acceptors (Lipinski definition) is 4. The Morgan fingerprint density at radius 2 is 2.56 bits per heavy atom. The van der Waals surface area contributed by atoms with Gasteiger partial charge in [0.05, 0.1) is 23.2 Å². The molecule has 1 atom stereocenters. The number of aryl methyl sites for hydroxylation is 1. The number of rotatable bonds is 3. The fraction of sp³-hybridized carbons (Fsp3) is 0.500. The van der Waals surface area contributed by atoms with Gasteiger partial charge < -0.3 is 10.6 Å². The third-order valence-electron chi connectivity index (χ3n) is 2.46. The van der Waals surface area contributed by atoms with Crippen LogP contribution in [0.25, 0.3) is 0 Å². The summed E-state index contributed by atoms with van der Waals surface area (Å²) in [7, 11) is 0. The second kappa shape index (κ2) is 4.61. The van der Waals surface area contributed by atoms with Crippen LogP contribution in [0.1, 0.15) is 17.1 Å². The number of thiazole rings is 1. The van der Waals surface area contributed by atoms with E-state index in [4.69, 9.17) is 0 Å². The van der Waals surface area contributed by atoms with Crippen LogP contribution in [0.3, 0.4) is 0 Å². The van der Waals surface area contributed by atoms with Crippen molar-refractivity contribution in [2.45, 2.75) is 19.9 Å². The third-order valence-corrected chi connectivity index (χ3v) is 3.28. The van der Waals surface area contributed by atoms with E-state index in [1.54, 1.807) is 11.3 Å². The van der Waals surface area contributed by atoms with E-state index >= 15 is 0 Å². The standard InChI is InChI=1S/C10H13N3O2S/c1-6-13-8(5-16-6)4-12-10(15)7-2-9(14)11-3-7/h5,7H,2-4H2,1H3,(H,11,14)(H,12,15). The van der Waals surface area contributed by atoms with Crippen LogP contribution in [0.15, 0.2) is 5.38 Å². The van der Waals surface area contributed by atoms with E-state index in [2.05, 4.69) is 15.6 Å². The van der Waals surface area contributed by atoms with Gasteiger partial charge in [-0.1, -0.05) is 0 Å². The van der Waals surface area contributed by atoms with Gasteiger partial charge in [-0.3, -0.25) is 9.59 Å². The van der Waals surface area contributed by atoms with Crippen molar-refractivity contribution in [2.75, 3.05) is 6.54 Å². The first-order valence-corrected chi connectivity index (χ1v) is 5.98. The molecule has 16 heavy (non-hydrogen) atoms. The van der Waals surface area contributed by atoms with Gasteiger partial charge in [0.25, 0.3) is 0 Å². The van der Waals surface area contributed by atoms with E-state index in [-0.39, 0.29) is 17.7 Å². The largest absolute Gasteiger partial charge is 0.355 e. The number of amides is 2. The monoisotopic (exact) mass is 239 g/mol. The Hall–Kier alpha value is -1.43. The van der Waals surface area contributed by atoms with Gasteiger partial charge in [0.2, 0.25) is 11.8 Å². The molecule has 0 aromatic carbocycles. The summed E-state index contributed by atoms with van der Waals surface area (Å²) in [6.07, 6.45) is 0.294. The van der Waals surface area contributed by atoms with Crippen molar-refractivity contribution < 1.29 is 9.59 Å². The second-order valence-electron chi connectivity index (χ2n) is 3.78. The molecule has 1 aliphatic heterocycles. The van der Waals surface area contributed by atoms with E-state index in [0.29, 0.717) is 19.5 Å². The van der Waals surface area contributed by atoms with Gasteiger partial charge in [-0.15, -0.1) is 11.3 Å². The average molecular weight is 239 g/mol. The molecule has 1 aliphatic rings. The summed E-state index contributed by atoms with van der Waals surface area (Å²) in [6, 6.07) is 0. The van der Waals surface area contributed by atoms with E-state index in [0.717, 1.165) is 10.7 Å². The van der Waals surface area contributed by atoms with Crippen LogP contribution in [0.5, 0.6) is 0 Å². The Morgan fingerprint density at radius 3 is 3.12 bits per heavy atom. The fourth-order valence-corrected chi connectivity index (χ4v) is 2.21. The van der Waals surface area contributed by atoms with Crippen LogP contribution in [0.4, 0.5) is 0 Å². The lowest BCUT2D eigenvalue weighted by atomic mass is 10.1. The molecule has 5 nitrogen and oxygen atoms in total. The van der Waals surface area contributed by atoms with Gasteiger partial charge in [0.1, 0.15) is 0 Å². The van der Waals surface area contributed by atoms with Crippen molar-refractivity contribution in [2.24, 2.45) is 5.92 Å². The zero-order valence-electron chi connectivity index (χ0n) is 8.95. The first-order chi connectivity index (χ1) is 7.65. The zero-order chi connectivity index (χ0) is 11.5. The maximum absolute atomic E-state index is 11.6. The molecule has 0 aliphatic carbocycles. The smallest absolute Gasteiger partial charge is 0.225 e. The normalized spacial score (nSPS) is 19.6. The summed E-state index contributed by atoms with van der Waals surface area (Å²) in [4.78, 5) is 26.8. The molecule has 1 aromatic rings. The molecule has 2 rings (SSSR count). The van der Waals surface area contributed by atoms with Gasteiger partial charge in [0.15, 0.2) is 0 Å². The number of carbonyl (C=O) groups is 2. The van der Waals surface area contributed by atoms with Crippen LogP contribution < -0.4 is 10.6 Å². The predicted molar refractivity (Wildman–Crippen MR) is 59.8 cm³/mol. The Balaban J connectivity index is 1.82. The molecule has 0 bridgehead atoms. The van der Waals surface area contributed by atoms with Crippen molar-refractivity contribution in [1.29, 1.82) is 0 Å². The Bertz CT molecular complexity index is 416. The number of aromatic nitrogens is 1. The lowest BCUT2D eigenvalue weighted by Crippen LogP contribution is -2.31. The third kappa shape index (κ3) is 2.57. The van der Waals surface area contributed by atoms with E-state index < -0.39 is 0 Å². The Kier molecular flexibility index (Phi) is 3.19. The van der Waals surface area contributed by atoms with Crippen LogP contribution in [-0.2, 0) is 16.1 Å². The number of carbonyl (C=O) groups excluding carboxylic acids is 2. The van der Waals surface area contributed by atoms with Crippen molar-refractivity contribution in [3.63, 3.8) is 0 Å². The highest BCUT2D eigenvalue weighted by atomic mass is 32.1. The first kappa shape index (κ1) is 11.1. The highest BCUT2D eigenvalue weighted by Crippen LogP contribution is 2.10. The van der Waals surface area contributed by atoms with Gasteiger partial charge in [-0.25, -0.2) is 4.98 Å². The molecule has 2 amide bonds. The van der Waals surface area contributed by atoms with Crippen molar-refractivity contribution in [3.8, 4) is 0 Å². The van der Waals surface area contributed by atoms with E-state index in [9.17, 15) is 9.59 Å². The molecule has 0 radical (unpaired) electrons. The van der Waals surface area contributed by atoms with Crippen molar-refractivity contribution >= 4 is 23.2 Å². The van der Waals surface area contributed by atoms with E-state index in [1.165, 1.54) is 0 Å². The van der Waals surface area contributed by atoms with Gasteiger partial charge in [-0.2, -0.15) is 0 Å². The zero-order valence-corrected chi connectivity index (χ0v) is 9.76.